The Morgan fingerprint density at radius 1 is 1.20 bits per heavy atom. The summed E-state index contributed by atoms with van der Waals surface area (Å²) in [5, 5.41) is 6.99. The lowest BCUT2D eigenvalue weighted by atomic mass is 10.3. The molecule has 0 aliphatic carbocycles. The SMILES string of the molecule is O=C(NCCCn1ccnc1)c1ccn(COc2ccc(F)cc2)n1. The number of aryl methyl sites for hydroxylation is 1. The Hall–Kier alpha value is -3.16. The average Bonchev–Trinajstić information content (AvgIpc) is 3.30. The van der Waals surface area contributed by atoms with E-state index in [0.717, 1.165) is 13.0 Å². The van der Waals surface area contributed by atoms with Gasteiger partial charge in [0.15, 0.2) is 6.73 Å². The summed E-state index contributed by atoms with van der Waals surface area (Å²) in [5.41, 5.74) is 0.324. The monoisotopic (exact) mass is 343 g/mol. The molecule has 2 aromatic heterocycles. The van der Waals surface area contributed by atoms with E-state index in [1.165, 1.54) is 28.9 Å². The Morgan fingerprint density at radius 2 is 2.04 bits per heavy atom. The van der Waals surface area contributed by atoms with Gasteiger partial charge in [-0.1, -0.05) is 0 Å². The molecule has 3 aromatic rings. The Balaban J connectivity index is 1.42. The number of nitrogens with zero attached hydrogens (tertiary/aromatic N) is 4. The van der Waals surface area contributed by atoms with Gasteiger partial charge in [-0.15, -0.1) is 0 Å². The van der Waals surface area contributed by atoms with Gasteiger partial charge in [-0.2, -0.15) is 5.10 Å². The maximum Gasteiger partial charge on any atom is 0.271 e. The van der Waals surface area contributed by atoms with Crippen LogP contribution in [0.25, 0.3) is 0 Å². The number of carbonyl (C=O) groups excluding carboxylic acids is 1. The van der Waals surface area contributed by atoms with Crippen molar-refractivity contribution in [3.05, 3.63) is 66.8 Å². The maximum atomic E-state index is 12.8. The number of hydrogen-bond acceptors (Lipinski definition) is 4. The minimum absolute atomic E-state index is 0.138. The minimum Gasteiger partial charge on any atom is -0.471 e. The van der Waals surface area contributed by atoms with Crippen molar-refractivity contribution in [2.24, 2.45) is 0 Å². The molecular weight excluding hydrogens is 325 g/mol. The zero-order valence-electron chi connectivity index (χ0n) is 13.5. The van der Waals surface area contributed by atoms with Crippen molar-refractivity contribution in [1.29, 1.82) is 0 Å². The van der Waals surface area contributed by atoms with E-state index in [-0.39, 0.29) is 18.5 Å². The van der Waals surface area contributed by atoms with Crippen LogP contribution >= 0.6 is 0 Å². The maximum absolute atomic E-state index is 12.8. The number of halogens is 1. The molecular formula is C17H18FN5O2. The Morgan fingerprint density at radius 3 is 2.80 bits per heavy atom. The van der Waals surface area contributed by atoms with Gasteiger partial charge in [-0.05, 0) is 36.8 Å². The average molecular weight is 343 g/mol. The summed E-state index contributed by atoms with van der Waals surface area (Å²) in [6, 6.07) is 7.33. The first-order valence-corrected chi connectivity index (χ1v) is 7.86. The lowest BCUT2D eigenvalue weighted by molar-refractivity contribution is 0.0945. The van der Waals surface area contributed by atoms with E-state index in [2.05, 4.69) is 15.4 Å². The van der Waals surface area contributed by atoms with E-state index in [1.54, 1.807) is 24.8 Å². The van der Waals surface area contributed by atoms with Gasteiger partial charge >= 0.3 is 0 Å². The molecule has 3 rings (SSSR count). The van der Waals surface area contributed by atoms with Crippen molar-refractivity contribution in [2.45, 2.75) is 19.7 Å². The van der Waals surface area contributed by atoms with Gasteiger partial charge in [0.2, 0.25) is 0 Å². The molecule has 0 bridgehead atoms. The summed E-state index contributed by atoms with van der Waals surface area (Å²) in [4.78, 5) is 16.0. The molecule has 1 aromatic carbocycles. The van der Waals surface area contributed by atoms with Gasteiger partial charge in [-0.25, -0.2) is 14.1 Å². The highest BCUT2D eigenvalue weighted by molar-refractivity contribution is 5.92. The summed E-state index contributed by atoms with van der Waals surface area (Å²) in [6.45, 7) is 1.48. The molecule has 0 saturated carbocycles. The minimum atomic E-state index is -0.321. The third-order valence-electron chi connectivity index (χ3n) is 3.49. The molecule has 2 heterocycles. The summed E-state index contributed by atoms with van der Waals surface area (Å²) in [7, 11) is 0. The molecule has 1 N–H and O–H groups in total. The van der Waals surface area contributed by atoms with E-state index in [1.807, 2.05) is 10.8 Å². The van der Waals surface area contributed by atoms with Crippen LogP contribution in [0, 0.1) is 5.82 Å². The summed E-state index contributed by atoms with van der Waals surface area (Å²) >= 11 is 0. The summed E-state index contributed by atoms with van der Waals surface area (Å²) < 4.78 is 21.8. The number of ether oxygens (including phenoxy) is 1. The molecule has 25 heavy (non-hydrogen) atoms. The zero-order chi connectivity index (χ0) is 17.5. The smallest absolute Gasteiger partial charge is 0.271 e. The zero-order valence-corrected chi connectivity index (χ0v) is 13.5. The van der Waals surface area contributed by atoms with Crippen LogP contribution in [0.3, 0.4) is 0 Å². The van der Waals surface area contributed by atoms with Crippen LogP contribution in [0.2, 0.25) is 0 Å². The second-order valence-corrected chi connectivity index (χ2v) is 5.38. The molecule has 8 heteroatoms. The van der Waals surface area contributed by atoms with Gasteiger partial charge in [-0.3, -0.25) is 4.79 Å². The van der Waals surface area contributed by atoms with Crippen molar-refractivity contribution < 1.29 is 13.9 Å². The first-order chi connectivity index (χ1) is 12.2. The third-order valence-corrected chi connectivity index (χ3v) is 3.49. The van der Waals surface area contributed by atoms with Crippen molar-refractivity contribution in [2.75, 3.05) is 6.54 Å². The largest absolute Gasteiger partial charge is 0.471 e. The molecule has 0 spiro atoms. The van der Waals surface area contributed by atoms with Crippen LogP contribution in [-0.2, 0) is 13.3 Å². The van der Waals surface area contributed by atoms with Gasteiger partial charge in [0.05, 0.1) is 6.33 Å². The molecule has 0 aliphatic rings. The van der Waals surface area contributed by atoms with E-state index >= 15 is 0 Å². The molecule has 7 nitrogen and oxygen atoms in total. The number of hydrogen-bond donors (Lipinski definition) is 1. The molecule has 0 unspecified atom stereocenters. The summed E-state index contributed by atoms with van der Waals surface area (Å²) in [6.07, 6.45) is 7.80. The van der Waals surface area contributed by atoms with Crippen molar-refractivity contribution in [1.82, 2.24) is 24.6 Å². The lowest BCUT2D eigenvalue weighted by Gasteiger charge is -2.06. The van der Waals surface area contributed by atoms with Crippen LogP contribution in [0.4, 0.5) is 4.39 Å². The number of rotatable bonds is 8. The van der Waals surface area contributed by atoms with Crippen molar-refractivity contribution in [3.63, 3.8) is 0 Å². The molecule has 0 atom stereocenters. The second-order valence-electron chi connectivity index (χ2n) is 5.38. The third kappa shape index (κ3) is 4.90. The van der Waals surface area contributed by atoms with Gasteiger partial charge in [0, 0.05) is 31.7 Å². The molecule has 0 aliphatic heterocycles. The van der Waals surface area contributed by atoms with E-state index in [0.29, 0.717) is 18.0 Å². The predicted molar refractivity (Wildman–Crippen MR) is 88.4 cm³/mol. The fourth-order valence-corrected chi connectivity index (χ4v) is 2.20. The van der Waals surface area contributed by atoms with E-state index in [4.69, 9.17) is 4.74 Å². The highest BCUT2D eigenvalue weighted by Crippen LogP contribution is 2.11. The number of nitrogens with one attached hydrogen (secondary N) is 1. The number of amides is 1. The Labute approximate surface area is 144 Å². The van der Waals surface area contributed by atoms with Gasteiger partial charge in [0.25, 0.3) is 5.91 Å². The van der Waals surface area contributed by atoms with Gasteiger partial charge in [0.1, 0.15) is 17.3 Å². The highest BCUT2D eigenvalue weighted by Gasteiger charge is 2.09. The number of carbonyl (C=O) groups is 1. The van der Waals surface area contributed by atoms with Crippen LogP contribution in [0.15, 0.2) is 55.2 Å². The highest BCUT2D eigenvalue weighted by atomic mass is 19.1. The van der Waals surface area contributed by atoms with Crippen LogP contribution in [-0.4, -0.2) is 31.8 Å². The topological polar surface area (TPSA) is 74.0 Å². The number of imidazole rings is 1. The molecule has 1 amide bonds. The first-order valence-electron chi connectivity index (χ1n) is 7.86. The summed E-state index contributed by atoms with van der Waals surface area (Å²) in [5.74, 6) is -0.0213. The van der Waals surface area contributed by atoms with Crippen LogP contribution < -0.4 is 10.1 Å². The molecule has 0 radical (unpaired) electrons. The quantitative estimate of drug-likeness (QED) is 0.636. The first kappa shape index (κ1) is 16.7. The van der Waals surface area contributed by atoms with E-state index in [9.17, 15) is 9.18 Å². The Bertz CT molecular complexity index is 799. The fraction of sp³-hybridized carbons (Fsp3) is 0.235. The van der Waals surface area contributed by atoms with Crippen molar-refractivity contribution in [3.8, 4) is 5.75 Å². The van der Waals surface area contributed by atoms with Crippen LogP contribution in [0.1, 0.15) is 16.9 Å². The second kappa shape index (κ2) is 8.09. The normalized spacial score (nSPS) is 10.6. The molecule has 0 saturated heterocycles. The molecule has 130 valence electrons. The number of benzene rings is 1. The number of aromatic nitrogens is 4. The Kier molecular flexibility index (Phi) is 5.40. The standard InChI is InChI=1S/C17H18FN5O2/c18-14-2-4-15(5-3-14)25-13-23-10-6-16(21-23)17(24)20-7-1-9-22-11-8-19-12-22/h2-6,8,10-12H,1,7,9,13H2,(H,20,24). The predicted octanol–water partition coefficient (Wildman–Crippen LogP) is 2.08. The van der Waals surface area contributed by atoms with E-state index < -0.39 is 0 Å². The fourth-order valence-electron chi connectivity index (χ4n) is 2.20. The lowest BCUT2D eigenvalue weighted by Crippen LogP contribution is -2.25. The van der Waals surface area contributed by atoms with Gasteiger partial charge < -0.3 is 14.6 Å². The van der Waals surface area contributed by atoms with Crippen molar-refractivity contribution >= 4 is 5.91 Å². The van der Waals surface area contributed by atoms with Crippen LogP contribution in [0.5, 0.6) is 5.75 Å². The molecule has 0 fully saturated rings.